The maximum absolute atomic E-state index is 9.75. The zero-order chi connectivity index (χ0) is 16.0. The third-order valence-electron chi connectivity index (χ3n) is 2.77. The van der Waals surface area contributed by atoms with E-state index in [0.717, 1.165) is 11.5 Å². The lowest BCUT2D eigenvalue weighted by Gasteiger charge is -1.99. The summed E-state index contributed by atoms with van der Waals surface area (Å²) in [5, 5.41) is 0. The minimum absolute atomic E-state index is 1.09. The highest BCUT2D eigenvalue weighted by Gasteiger charge is 2.20. The Hall–Kier alpha value is -2.57. The normalized spacial score (nSPS) is 10.7. The molecule has 1 aromatic heterocycles. The molecular weight excluding hydrogens is 295 g/mol. The quantitative estimate of drug-likeness (QED) is 0.415. The molecule has 0 amide bonds. The molecule has 0 bridgehead atoms. The lowest BCUT2D eigenvalue weighted by Crippen LogP contribution is -2.30. The minimum atomic E-state index is -6.00. The highest BCUT2D eigenvalue weighted by atomic mass is 19.5. The van der Waals surface area contributed by atoms with Crippen LogP contribution in [0.5, 0.6) is 0 Å². The lowest BCUT2D eigenvalue weighted by atomic mass is 10.2. The van der Waals surface area contributed by atoms with Gasteiger partial charge < -0.3 is 17.3 Å². The molecule has 3 rings (SSSR count). The Morgan fingerprint density at radius 1 is 0.773 bits per heavy atom. The number of imidazole rings is 1. The van der Waals surface area contributed by atoms with Gasteiger partial charge in [-0.3, -0.25) is 0 Å². The molecule has 0 aliphatic heterocycles. The van der Waals surface area contributed by atoms with Crippen LogP contribution in [0.15, 0.2) is 73.1 Å². The molecule has 0 spiro atoms. The van der Waals surface area contributed by atoms with Gasteiger partial charge in [0, 0.05) is 0 Å². The van der Waals surface area contributed by atoms with Gasteiger partial charge in [0.25, 0.3) is 5.82 Å². The summed E-state index contributed by atoms with van der Waals surface area (Å²) in [5.41, 5.74) is 2.34. The van der Waals surface area contributed by atoms with Crippen molar-refractivity contribution in [1.82, 2.24) is 4.98 Å². The number of aromatic nitrogens is 2. The van der Waals surface area contributed by atoms with E-state index < -0.39 is 7.25 Å². The van der Waals surface area contributed by atoms with E-state index in [1.54, 1.807) is 0 Å². The molecule has 0 fully saturated rings. The molecule has 0 aliphatic rings. The number of halogens is 4. The smallest absolute Gasteiger partial charge is 0.418 e. The Labute approximate surface area is 125 Å². The van der Waals surface area contributed by atoms with Crippen LogP contribution in [-0.4, -0.2) is 12.2 Å². The van der Waals surface area contributed by atoms with Gasteiger partial charge in [0.2, 0.25) is 0 Å². The number of hydrogen-bond donors (Lipinski definition) is 1. The Bertz CT molecular complexity index is 636. The first-order chi connectivity index (χ1) is 10.4. The van der Waals surface area contributed by atoms with Crippen molar-refractivity contribution in [1.29, 1.82) is 0 Å². The van der Waals surface area contributed by atoms with Gasteiger partial charge >= 0.3 is 7.25 Å². The van der Waals surface area contributed by atoms with Gasteiger partial charge in [-0.25, -0.2) is 4.98 Å². The van der Waals surface area contributed by atoms with Crippen LogP contribution in [0.25, 0.3) is 17.1 Å². The fourth-order valence-corrected chi connectivity index (χ4v) is 1.96. The van der Waals surface area contributed by atoms with E-state index in [1.165, 1.54) is 5.56 Å². The molecule has 0 saturated heterocycles. The van der Waals surface area contributed by atoms with Crippen molar-refractivity contribution in [2.45, 2.75) is 0 Å². The molecule has 1 N–H and O–H groups in total. The molecule has 0 radical (unpaired) electrons. The van der Waals surface area contributed by atoms with Gasteiger partial charge in [-0.05, 0) is 24.3 Å². The van der Waals surface area contributed by atoms with E-state index in [9.17, 15) is 17.3 Å². The number of para-hydroxylation sites is 1. The Balaban J connectivity index is 0.000000309. The molecule has 0 unspecified atom stereocenters. The van der Waals surface area contributed by atoms with Gasteiger partial charge in [-0.2, -0.15) is 4.57 Å². The predicted molar refractivity (Wildman–Crippen MR) is 77.9 cm³/mol. The molecule has 22 heavy (non-hydrogen) atoms. The number of H-pyrrole nitrogens is 1. The summed E-state index contributed by atoms with van der Waals surface area (Å²) in [4.78, 5) is 3.28. The first kappa shape index (κ1) is 15.8. The second-order valence-electron chi connectivity index (χ2n) is 4.38. The highest BCUT2D eigenvalue weighted by Crippen LogP contribution is 2.13. The molecule has 114 valence electrons. The third-order valence-corrected chi connectivity index (χ3v) is 2.77. The maximum atomic E-state index is 9.75. The zero-order valence-electron chi connectivity index (χ0n) is 11.5. The van der Waals surface area contributed by atoms with Crippen molar-refractivity contribution >= 4 is 7.25 Å². The Morgan fingerprint density at radius 3 is 1.82 bits per heavy atom. The SMILES string of the molecule is F[B-](F)(F)F.c1ccc(-c2[nH]cc[n+]2-c2ccccc2)cc1. The van der Waals surface area contributed by atoms with E-state index >= 15 is 0 Å². The fraction of sp³-hybridized carbons (Fsp3) is 0. The number of nitrogens with zero attached hydrogens (tertiary/aromatic N) is 1. The van der Waals surface area contributed by atoms with Crippen molar-refractivity contribution < 1.29 is 21.8 Å². The summed E-state index contributed by atoms with van der Waals surface area (Å²) in [5.74, 6) is 1.09. The van der Waals surface area contributed by atoms with Crippen molar-refractivity contribution in [2.24, 2.45) is 0 Å². The van der Waals surface area contributed by atoms with E-state index in [4.69, 9.17) is 0 Å². The van der Waals surface area contributed by atoms with E-state index in [2.05, 4.69) is 33.8 Å². The standard InChI is InChI=1S/C15H12N2.BF4/c1-3-7-13(8-4-1)15-16-11-12-17(15)14-9-5-2-6-10-14;2-1(3,4)5/h1-12H;/q;-1/p+1. The molecule has 0 atom stereocenters. The lowest BCUT2D eigenvalue weighted by molar-refractivity contribution is -0.582. The highest BCUT2D eigenvalue weighted by molar-refractivity contribution is 6.50. The van der Waals surface area contributed by atoms with Crippen LogP contribution in [0.1, 0.15) is 0 Å². The third kappa shape index (κ3) is 4.77. The molecule has 2 nitrogen and oxygen atoms in total. The van der Waals surface area contributed by atoms with Gasteiger partial charge in [0.15, 0.2) is 0 Å². The van der Waals surface area contributed by atoms with Crippen LogP contribution >= 0.6 is 0 Å². The Morgan fingerprint density at radius 2 is 1.27 bits per heavy atom. The van der Waals surface area contributed by atoms with Crippen molar-refractivity contribution in [3.05, 3.63) is 73.1 Å². The number of hydrogen-bond acceptors (Lipinski definition) is 0. The van der Waals surface area contributed by atoms with Crippen LogP contribution < -0.4 is 4.57 Å². The van der Waals surface area contributed by atoms with E-state index in [0.29, 0.717) is 0 Å². The topological polar surface area (TPSA) is 19.7 Å². The van der Waals surface area contributed by atoms with Gasteiger partial charge in [0.05, 0.1) is 5.56 Å². The van der Waals surface area contributed by atoms with Crippen LogP contribution in [0.4, 0.5) is 17.3 Å². The summed E-state index contributed by atoms with van der Waals surface area (Å²) in [7, 11) is -6.00. The molecular formula is C15H13BF4N2. The van der Waals surface area contributed by atoms with Crippen LogP contribution in [-0.2, 0) is 0 Å². The van der Waals surface area contributed by atoms with Gasteiger partial charge in [-0.1, -0.05) is 36.4 Å². The number of rotatable bonds is 2. The van der Waals surface area contributed by atoms with Gasteiger partial charge in [0.1, 0.15) is 18.1 Å². The molecule has 0 aliphatic carbocycles. The average molecular weight is 308 g/mol. The van der Waals surface area contributed by atoms with Gasteiger partial charge in [-0.15, -0.1) is 0 Å². The summed E-state index contributed by atoms with van der Waals surface area (Å²) < 4.78 is 41.1. The Kier molecular flexibility index (Phi) is 4.98. The van der Waals surface area contributed by atoms with Crippen molar-refractivity contribution in [3.8, 4) is 17.1 Å². The zero-order valence-corrected chi connectivity index (χ0v) is 11.5. The van der Waals surface area contributed by atoms with Crippen LogP contribution in [0.3, 0.4) is 0 Å². The minimum Gasteiger partial charge on any atom is -0.418 e. The summed E-state index contributed by atoms with van der Waals surface area (Å²) in [6.45, 7) is 0. The molecule has 2 aromatic carbocycles. The first-order valence-corrected chi connectivity index (χ1v) is 6.52. The summed E-state index contributed by atoms with van der Waals surface area (Å²) in [6.07, 6.45) is 3.99. The second-order valence-corrected chi connectivity index (χ2v) is 4.38. The van der Waals surface area contributed by atoms with Crippen molar-refractivity contribution in [2.75, 3.05) is 0 Å². The largest absolute Gasteiger partial charge is 0.673 e. The van der Waals surface area contributed by atoms with Crippen LogP contribution in [0, 0.1) is 0 Å². The molecule has 7 heteroatoms. The monoisotopic (exact) mass is 308 g/mol. The van der Waals surface area contributed by atoms with E-state index in [-0.39, 0.29) is 0 Å². The maximum Gasteiger partial charge on any atom is 0.673 e. The predicted octanol–water partition coefficient (Wildman–Crippen LogP) is 4.26. The van der Waals surface area contributed by atoms with E-state index in [1.807, 2.05) is 48.8 Å². The number of benzene rings is 2. The first-order valence-electron chi connectivity index (χ1n) is 6.52. The number of nitrogens with one attached hydrogen (secondary N) is 1. The average Bonchev–Trinajstić information content (AvgIpc) is 2.97. The fourth-order valence-electron chi connectivity index (χ4n) is 1.96. The summed E-state index contributed by atoms with van der Waals surface area (Å²) in [6, 6.07) is 20.6. The molecule has 3 aromatic rings. The molecule has 1 heterocycles. The number of aromatic amines is 1. The van der Waals surface area contributed by atoms with Crippen molar-refractivity contribution in [3.63, 3.8) is 0 Å². The molecule has 0 saturated carbocycles. The second kappa shape index (κ2) is 6.93. The summed E-state index contributed by atoms with van der Waals surface area (Å²) >= 11 is 0. The van der Waals surface area contributed by atoms with Crippen LogP contribution in [0.2, 0.25) is 0 Å².